The van der Waals surface area contributed by atoms with Crippen molar-refractivity contribution in [1.29, 1.82) is 0 Å². The minimum absolute atomic E-state index is 0. The van der Waals surface area contributed by atoms with E-state index in [2.05, 4.69) is 4.65 Å². The van der Waals surface area contributed by atoms with Gasteiger partial charge in [-0.05, 0) is 12.8 Å². The Labute approximate surface area is 95.1 Å². The summed E-state index contributed by atoms with van der Waals surface area (Å²) in [6, 6.07) is 0. The molecule has 0 aromatic carbocycles. The Kier molecular flexibility index (Phi) is 11.1. The van der Waals surface area contributed by atoms with Crippen molar-refractivity contribution in [3.63, 3.8) is 0 Å². The number of carbonyl (C=O) groups excluding carboxylic acids is 1. The topological polar surface area (TPSA) is 66.8 Å². The SMILES string of the molecule is CCCCC(CC)C(=O)OB(O)O.[Ni]. The maximum absolute atomic E-state index is 11.1. The summed E-state index contributed by atoms with van der Waals surface area (Å²) in [7, 11) is -1.98. The van der Waals surface area contributed by atoms with Crippen molar-refractivity contribution >= 4 is 13.3 Å². The summed E-state index contributed by atoms with van der Waals surface area (Å²) in [6.45, 7) is 3.92. The Morgan fingerprint density at radius 2 is 2.00 bits per heavy atom. The van der Waals surface area contributed by atoms with Crippen molar-refractivity contribution in [2.45, 2.75) is 39.5 Å². The van der Waals surface area contributed by atoms with E-state index in [9.17, 15) is 4.79 Å². The molecule has 0 bridgehead atoms. The quantitative estimate of drug-likeness (QED) is 0.678. The van der Waals surface area contributed by atoms with Crippen LogP contribution in [0.2, 0.25) is 0 Å². The van der Waals surface area contributed by atoms with E-state index < -0.39 is 13.3 Å². The van der Waals surface area contributed by atoms with Crippen molar-refractivity contribution < 1.29 is 36.0 Å². The molecule has 2 N–H and O–H groups in total. The third kappa shape index (κ3) is 7.36. The van der Waals surface area contributed by atoms with Crippen LogP contribution in [0.4, 0.5) is 0 Å². The molecule has 0 aliphatic carbocycles. The van der Waals surface area contributed by atoms with Crippen molar-refractivity contribution in [2.24, 2.45) is 5.92 Å². The second-order valence-corrected chi connectivity index (χ2v) is 3.01. The van der Waals surface area contributed by atoms with Gasteiger partial charge in [-0.15, -0.1) is 0 Å². The van der Waals surface area contributed by atoms with Crippen LogP contribution < -0.4 is 0 Å². The molecule has 4 nitrogen and oxygen atoms in total. The van der Waals surface area contributed by atoms with Crippen LogP contribution in [-0.2, 0) is 25.9 Å². The number of carbonyl (C=O) groups is 1. The zero-order chi connectivity index (χ0) is 10.3. The van der Waals surface area contributed by atoms with Crippen LogP contribution in [0.25, 0.3) is 0 Å². The van der Waals surface area contributed by atoms with E-state index in [-0.39, 0.29) is 22.4 Å². The Hall–Kier alpha value is -0.0516. The molecular weight excluding hydrogens is 230 g/mol. The van der Waals surface area contributed by atoms with E-state index in [1.54, 1.807) is 0 Å². The van der Waals surface area contributed by atoms with Crippen LogP contribution in [0.15, 0.2) is 0 Å². The van der Waals surface area contributed by atoms with Crippen molar-refractivity contribution in [3.05, 3.63) is 0 Å². The molecule has 0 aliphatic heterocycles. The molecule has 0 heterocycles. The number of rotatable bonds is 6. The average molecular weight is 247 g/mol. The molecule has 0 aromatic heterocycles. The van der Waals surface area contributed by atoms with Crippen LogP contribution in [0, 0.1) is 5.92 Å². The molecule has 86 valence electrons. The third-order valence-corrected chi connectivity index (χ3v) is 1.95. The van der Waals surface area contributed by atoms with Gasteiger partial charge < -0.3 is 14.7 Å². The molecule has 6 heteroatoms. The summed E-state index contributed by atoms with van der Waals surface area (Å²) >= 11 is 0. The molecule has 1 unspecified atom stereocenters. The molecule has 0 saturated carbocycles. The van der Waals surface area contributed by atoms with Crippen LogP contribution in [0.3, 0.4) is 0 Å². The molecular formula is C8H17BNiO4. The van der Waals surface area contributed by atoms with E-state index in [1.165, 1.54) is 0 Å². The Morgan fingerprint density at radius 3 is 2.36 bits per heavy atom. The summed E-state index contributed by atoms with van der Waals surface area (Å²) in [5.41, 5.74) is 0. The first kappa shape index (κ1) is 16.4. The monoisotopic (exact) mass is 246 g/mol. The van der Waals surface area contributed by atoms with Gasteiger partial charge in [0.1, 0.15) is 0 Å². The number of hydrogen-bond donors (Lipinski definition) is 2. The second-order valence-electron chi connectivity index (χ2n) is 3.01. The zero-order valence-electron chi connectivity index (χ0n) is 8.51. The summed E-state index contributed by atoms with van der Waals surface area (Å²) in [6.07, 6.45) is 3.39. The van der Waals surface area contributed by atoms with E-state index >= 15 is 0 Å². The fourth-order valence-corrected chi connectivity index (χ4v) is 1.14. The maximum Gasteiger partial charge on any atom is 0.709 e. The Balaban J connectivity index is 0. The third-order valence-electron chi connectivity index (χ3n) is 1.95. The van der Waals surface area contributed by atoms with Gasteiger partial charge in [0.05, 0.1) is 5.92 Å². The van der Waals surface area contributed by atoms with Gasteiger partial charge in [0.25, 0.3) is 5.97 Å². The molecule has 0 spiro atoms. The van der Waals surface area contributed by atoms with Gasteiger partial charge in [-0.2, -0.15) is 0 Å². The predicted octanol–water partition coefficient (Wildman–Crippen LogP) is 0.713. The minimum Gasteiger partial charge on any atom is -0.485 e. The first-order chi connectivity index (χ1) is 6.11. The number of unbranched alkanes of at least 4 members (excludes halogenated alkanes) is 1. The fourth-order valence-electron chi connectivity index (χ4n) is 1.14. The van der Waals surface area contributed by atoms with Gasteiger partial charge in [0.15, 0.2) is 0 Å². The largest absolute Gasteiger partial charge is 0.709 e. The van der Waals surface area contributed by atoms with Gasteiger partial charge >= 0.3 is 7.32 Å². The van der Waals surface area contributed by atoms with Crippen LogP contribution in [-0.4, -0.2) is 23.3 Å². The first-order valence-corrected chi connectivity index (χ1v) is 4.68. The van der Waals surface area contributed by atoms with E-state index in [0.717, 1.165) is 19.3 Å². The zero-order valence-corrected chi connectivity index (χ0v) is 9.50. The molecule has 14 heavy (non-hydrogen) atoms. The van der Waals surface area contributed by atoms with Gasteiger partial charge in [0, 0.05) is 16.5 Å². The summed E-state index contributed by atoms with van der Waals surface area (Å²) in [5.74, 6) is -0.729. The standard InChI is InChI=1S/C8H17BO4.Ni/c1-3-5-6-7(4-2)8(10)13-9(11)12;/h7,11-12H,3-6H2,1-2H3;. The van der Waals surface area contributed by atoms with Gasteiger partial charge in [0.2, 0.25) is 0 Å². The molecule has 0 aliphatic rings. The van der Waals surface area contributed by atoms with Crippen LogP contribution >= 0.6 is 0 Å². The molecule has 0 saturated heterocycles. The fraction of sp³-hybridized carbons (Fsp3) is 0.875. The summed E-state index contributed by atoms with van der Waals surface area (Å²) < 4.78 is 4.27. The van der Waals surface area contributed by atoms with Crippen molar-refractivity contribution in [3.8, 4) is 0 Å². The molecule has 0 rings (SSSR count). The molecule has 0 fully saturated rings. The molecule has 0 aromatic rings. The van der Waals surface area contributed by atoms with Crippen molar-refractivity contribution in [2.75, 3.05) is 0 Å². The normalized spacial score (nSPS) is 11.4. The van der Waals surface area contributed by atoms with Gasteiger partial charge in [-0.25, -0.2) is 0 Å². The summed E-state index contributed by atoms with van der Waals surface area (Å²) in [4.78, 5) is 11.1. The predicted molar refractivity (Wildman–Crippen MR) is 49.6 cm³/mol. The molecule has 1 atom stereocenters. The molecule has 0 amide bonds. The minimum atomic E-state index is -1.98. The maximum atomic E-state index is 11.1. The Morgan fingerprint density at radius 1 is 1.43 bits per heavy atom. The number of hydrogen-bond acceptors (Lipinski definition) is 4. The Bertz CT molecular complexity index is 154. The molecule has 0 radical (unpaired) electrons. The smallest absolute Gasteiger partial charge is 0.485 e. The van der Waals surface area contributed by atoms with E-state index in [4.69, 9.17) is 10.0 Å². The van der Waals surface area contributed by atoms with Gasteiger partial charge in [-0.3, -0.25) is 4.79 Å². The van der Waals surface area contributed by atoms with Gasteiger partial charge in [-0.1, -0.05) is 26.7 Å². The van der Waals surface area contributed by atoms with Crippen LogP contribution in [0.1, 0.15) is 39.5 Å². The van der Waals surface area contributed by atoms with Crippen LogP contribution in [0.5, 0.6) is 0 Å². The first-order valence-electron chi connectivity index (χ1n) is 4.68. The van der Waals surface area contributed by atoms with E-state index in [1.807, 2.05) is 13.8 Å². The van der Waals surface area contributed by atoms with Crippen molar-refractivity contribution in [1.82, 2.24) is 0 Å². The van der Waals surface area contributed by atoms with E-state index in [0.29, 0.717) is 6.42 Å². The summed E-state index contributed by atoms with van der Waals surface area (Å²) in [5, 5.41) is 16.8. The second kappa shape index (κ2) is 9.50. The average Bonchev–Trinajstić information content (AvgIpc) is 2.04.